The molecule has 2 N–H and O–H groups in total. The van der Waals surface area contributed by atoms with Crippen LogP contribution in [0.4, 0.5) is 14.6 Å². The van der Waals surface area contributed by atoms with E-state index < -0.39 is 34.8 Å². The van der Waals surface area contributed by atoms with Gasteiger partial charge in [0.25, 0.3) is 5.91 Å². The quantitative estimate of drug-likeness (QED) is 0.886. The first kappa shape index (κ1) is 12.7. The summed E-state index contributed by atoms with van der Waals surface area (Å²) in [7, 11) is 0. The Hall–Kier alpha value is -2.77. The molecule has 0 radical (unpaired) electrons. The molecule has 0 unspecified atom stereocenters. The summed E-state index contributed by atoms with van der Waals surface area (Å²) in [6.45, 7) is 0. The Balaban J connectivity index is 2.18. The van der Waals surface area contributed by atoms with Gasteiger partial charge in [-0.25, -0.2) is 13.6 Å². The van der Waals surface area contributed by atoms with Crippen molar-refractivity contribution in [2.75, 3.05) is 5.32 Å². The van der Waals surface area contributed by atoms with Gasteiger partial charge in [0.1, 0.15) is 11.6 Å². The third-order valence-corrected chi connectivity index (χ3v) is 2.14. The number of aromatic nitrogens is 1. The first-order chi connectivity index (χ1) is 8.97. The average Bonchev–Trinajstić information content (AvgIpc) is 2.77. The molecule has 0 spiro atoms. The van der Waals surface area contributed by atoms with Crippen molar-refractivity contribution in [3.63, 3.8) is 0 Å². The lowest BCUT2D eigenvalue weighted by Gasteiger charge is -2.02. The molecule has 0 aliphatic heterocycles. The standard InChI is InChI=1S/C11H6F2N2O4/c12-5-1-2-6(7(13)3-5)10(16)14-9-4-8(11(17)18)19-15-9/h1-4H,(H,17,18)(H,14,15,16). The zero-order valence-corrected chi connectivity index (χ0v) is 9.18. The number of carboxylic acid groups (broad SMARTS) is 1. The van der Waals surface area contributed by atoms with Gasteiger partial charge in [-0.2, -0.15) is 0 Å². The van der Waals surface area contributed by atoms with Crippen LogP contribution in [0.25, 0.3) is 0 Å². The zero-order chi connectivity index (χ0) is 14.0. The summed E-state index contributed by atoms with van der Waals surface area (Å²) in [4.78, 5) is 22.1. The summed E-state index contributed by atoms with van der Waals surface area (Å²) < 4.78 is 30.4. The Bertz CT molecular complexity index is 654. The number of anilines is 1. The van der Waals surface area contributed by atoms with Gasteiger partial charge < -0.3 is 14.9 Å². The van der Waals surface area contributed by atoms with Crippen LogP contribution in [0.5, 0.6) is 0 Å². The third-order valence-electron chi connectivity index (χ3n) is 2.14. The molecule has 0 atom stereocenters. The molecule has 0 saturated heterocycles. The first-order valence-electron chi connectivity index (χ1n) is 4.94. The van der Waals surface area contributed by atoms with Crippen molar-refractivity contribution in [3.8, 4) is 0 Å². The smallest absolute Gasteiger partial charge is 0.374 e. The molecule has 98 valence electrons. The van der Waals surface area contributed by atoms with Gasteiger partial charge in [-0.1, -0.05) is 5.16 Å². The van der Waals surface area contributed by atoms with Crippen LogP contribution in [0.1, 0.15) is 20.9 Å². The van der Waals surface area contributed by atoms with Crippen LogP contribution >= 0.6 is 0 Å². The van der Waals surface area contributed by atoms with Crippen molar-refractivity contribution in [1.82, 2.24) is 5.16 Å². The van der Waals surface area contributed by atoms with E-state index in [2.05, 4.69) is 15.0 Å². The second-order valence-corrected chi connectivity index (χ2v) is 3.46. The molecule has 1 heterocycles. The van der Waals surface area contributed by atoms with Crippen molar-refractivity contribution in [2.45, 2.75) is 0 Å². The van der Waals surface area contributed by atoms with E-state index in [-0.39, 0.29) is 5.82 Å². The zero-order valence-electron chi connectivity index (χ0n) is 9.18. The molecule has 1 amide bonds. The highest BCUT2D eigenvalue weighted by molar-refractivity contribution is 6.04. The fourth-order valence-corrected chi connectivity index (χ4v) is 1.29. The molecule has 0 fully saturated rings. The number of nitrogens with one attached hydrogen (secondary N) is 1. The molecule has 6 nitrogen and oxygen atoms in total. The molecule has 19 heavy (non-hydrogen) atoms. The monoisotopic (exact) mass is 268 g/mol. The van der Waals surface area contributed by atoms with Gasteiger partial charge in [0, 0.05) is 12.1 Å². The lowest BCUT2D eigenvalue weighted by Crippen LogP contribution is -2.14. The van der Waals surface area contributed by atoms with E-state index in [1.807, 2.05) is 0 Å². The number of carbonyl (C=O) groups is 2. The second-order valence-electron chi connectivity index (χ2n) is 3.46. The van der Waals surface area contributed by atoms with Crippen LogP contribution in [0.15, 0.2) is 28.8 Å². The average molecular weight is 268 g/mol. The molecule has 0 saturated carbocycles. The Morgan fingerprint density at radius 3 is 2.58 bits per heavy atom. The highest BCUT2D eigenvalue weighted by Gasteiger charge is 2.16. The lowest BCUT2D eigenvalue weighted by atomic mass is 10.2. The normalized spacial score (nSPS) is 10.2. The summed E-state index contributed by atoms with van der Waals surface area (Å²) in [5, 5.41) is 14.0. The van der Waals surface area contributed by atoms with Crippen molar-refractivity contribution >= 4 is 17.7 Å². The number of benzene rings is 1. The molecule has 8 heteroatoms. The maximum absolute atomic E-state index is 13.3. The van der Waals surface area contributed by atoms with Gasteiger partial charge in [0.15, 0.2) is 5.82 Å². The summed E-state index contributed by atoms with van der Waals surface area (Å²) in [5.41, 5.74) is -0.402. The summed E-state index contributed by atoms with van der Waals surface area (Å²) in [6, 6.07) is 3.39. The molecule has 0 bridgehead atoms. The fourth-order valence-electron chi connectivity index (χ4n) is 1.29. The Morgan fingerprint density at radius 1 is 1.26 bits per heavy atom. The van der Waals surface area contributed by atoms with E-state index in [0.717, 1.165) is 18.2 Å². The lowest BCUT2D eigenvalue weighted by molar-refractivity contribution is 0.0652. The van der Waals surface area contributed by atoms with Crippen LogP contribution < -0.4 is 5.32 Å². The Labute approximate surface area is 104 Å². The predicted molar refractivity (Wildman–Crippen MR) is 57.8 cm³/mol. The largest absolute Gasteiger partial charge is 0.475 e. The van der Waals surface area contributed by atoms with E-state index in [4.69, 9.17) is 5.11 Å². The molecule has 0 aliphatic carbocycles. The fraction of sp³-hybridized carbons (Fsp3) is 0. The number of halogens is 2. The summed E-state index contributed by atoms with van der Waals surface area (Å²) in [5.74, 6) is -4.78. The van der Waals surface area contributed by atoms with Gasteiger partial charge in [-0.15, -0.1) is 0 Å². The van der Waals surface area contributed by atoms with E-state index in [9.17, 15) is 18.4 Å². The highest BCUT2D eigenvalue weighted by atomic mass is 19.1. The predicted octanol–water partition coefficient (Wildman–Crippen LogP) is 1.90. The minimum absolute atomic E-state index is 0.189. The van der Waals surface area contributed by atoms with Gasteiger partial charge in [0.2, 0.25) is 5.76 Å². The van der Waals surface area contributed by atoms with Gasteiger partial charge in [-0.05, 0) is 12.1 Å². The molecule has 1 aromatic heterocycles. The van der Waals surface area contributed by atoms with Gasteiger partial charge in [0.05, 0.1) is 5.56 Å². The number of rotatable bonds is 3. The first-order valence-corrected chi connectivity index (χ1v) is 4.94. The van der Waals surface area contributed by atoms with E-state index in [1.54, 1.807) is 0 Å². The Morgan fingerprint density at radius 2 is 2.00 bits per heavy atom. The molecule has 0 aliphatic rings. The summed E-state index contributed by atoms with van der Waals surface area (Å²) in [6.07, 6.45) is 0. The van der Waals surface area contributed by atoms with Crippen LogP contribution in [-0.4, -0.2) is 22.1 Å². The maximum atomic E-state index is 13.3. The SMILES string of the molecule is O=C(O)c1cc(NC(=O)c2ccc(F)cc2F)no1. The van der Waals surface area contributed by atoms with Crippen LogP contribution in [0.3, 0.4) is 0 Å². The molecule has 1 aromatic carbocycles. The number of hydrogen-bond donors (Lipinski definition) is 2. The number of nitrogens with zero attached hydrogens (tertiary/aromatic N) is 1. The van der Waals surface area contributed by atoms with Crippen LogP contribution in [0, 0.1) is 11.6 Å². The second kappa shape index (κ2) is 4.84. The van der Waals surface area contributed by atoms with Crippen molar-refractivity contribution in [3.05, 3.63) is 47.2 Å². The third kappa shape index (κ3) is 2.73. The summed E-state index contributed by atoms with van der Waals surface area (Å²) >= 11 is 0. The number of hydrogen-bond acceptors (Lipinski definition) is 4. The van der Waals surface area contributed by atoms with Crippen molar-refractivity contribution < 1.29 is 28.0 Å². The minimum Gasteiger partial charge on any atom is -0.475 e. The van der Waals surface area contributed by atoms with E-state index >= 15 is 0 Å². The number of aromatic carboxylic acids is 1. The van der Waals surface area contributed by atoms with Crippen molar-refractivity contribution in [1.29, 1.82) is 0 Å². The number of carbonyl (C=O) groups excluding carboxylic acids is 1. The van der Waals surface area contributed by atoms with Gasteiger partial charge in [-0.3, -0.25) is 4.79 Å². The highest BCUT2D eigenvalue weighted by Crippen LogP contribution is 2.13. The topological polar surface area (TPSA) is 92.4 Å². The van der Waals surface area contributed by atoms with Gasteiger partial charge >= 0.3 is 5.97 Å². The molecular weight excluding hydrogens is 262 g/mol. The molecule has 2 rings (SSSR count). The maximum Gasteiger partial charge on any atom is 0.374 e. The minimum atomic E-state index is -1.36. The van der Waals surface area contributed by atoms with Crippen LogP contribution in [0.2, 0.25) is 0 Å². The molecular formula is C11H6F2N2O4. The van der Waals surface area contributed by atoms with Crippen molar-refractivity contribution in [2.24, 2.45) is 0 Å². The molecule has 2 aromatic rings. The number of carboxylic acids is 1. The van der Waals surface area contributed by atoms with E-state index in [0.29, 0.717) is 6.07 Å². The van der Waals surface area contributed by atoms with Crippen LogP contribution in [-0.2, 0) is 0 Å². The van der Waals surface area contributed by atoms with E-state index in [1.165, 1.54) is 0 Å². The Kier molecular flexibility index (Phi) is 3.23. The number of amides is 1.